The van der Waals surface area contributed by atoms with Gasteiger partial charge in [-0.3, -0.25) is 9.59 Å². The molecule has 0 spiro atoms. The number of phenolic OH excluding ortho intramolecular Hbond substituents is 1. The average molecular weight is 580 g/mol. The van der Waals surface area contributed by atoms with Gasteiger partial charge in [-0.1, -0.05) is 55.5 Å². The van der Waals surface area contributed by atoms with Gasteiger partial charge in [0.1, 0.15) is 23.4 Å². The number of benzene rings is 3. The van der Waals surface area contributed by atoms with Crippen LogP contribution in [-0.2, 0) is 14.3 Å². The number of hydrogen-bond donors (Lipinski definition) is 4. The number of fused-ring (bicyclic) bond motifs is 1. The fourth-order valence-corrected chi connectivity index (χ4v) is 4.77. The first-order valence-electron chi connectivity index (χ1n) is 13.7. The number of carbonyl (C=O) groups excluding carboxylic acids is 3. The van der Waals surface area contributed by atoms with Crippen molar-refractivity contribution in [3.63, 3.8) is 0 Å². The van der Waals surface area contributed by atoms with E-state index in [0.29, 0.717) is 17.7 Å². The molecule has 0 aliphatic heterocycles. The minimum atomic E-state index is -1.23. The van der Waals surface area contributed by atoms with Crippen LogP contribution in [0.25, 0.3) is 10.8 Å². The zero-order chi connectivity index (χ0) is 30.5. The number of aryl methyl sites for hydroxylation is 1. The number of nitrogens with one attached hydrogen (secondary N) is 2. The number of rotatable bonds is 9. The van der Waals surface area contributed by atoms with E-state index >= 15 is 0 Å². The molecule has 8 nitrogen and oxygen atoms in total. The quantitative estimate of drug-likeness (QED) is 0.220. The Bertz CT molecular complexity index is 1420. The number of para-hydroxylation sites is 1. The molecular weight excluding hydrogens is 538 g/mol. The van der Waals surface area contributed by atoms with Crippen molar-refractivity contribution in [2.75, 3.05) is 11.1 Å². The fraction of sp³-hybridized carbons (Fsp3) is 0.406. The molecule has 0 aliphatic rings. The number of anilines is 1. The summed E-state index contributed by atoms with van der Waals surface area (Å²) in [6, 6.07) is 16.1. The molecule has 0 aliphatic carbocycles. The minimum absolute atomic E-state index is 0.0345. The number of ether oxygens (including phenoxy) is 1. The molecule has 3 aromatic carbocycles. The van der Waals surface area contributed by atoms with Crippen LogP contribution in [0, 0.1) is 6.92 Å². The molecule has 3 amide bonds. The highest BCUT2D eigenvalue weighted by molar-refractivity contribution is 7.80. The summed E-state index contributed by atoms with van der Waals surface area (Å²) in [4.78, 5) is 42.5. The van der Waals surface area contributed by atoms with E-state index in [1.165, 1.54) is 4.90 Å². The van der Waals surface area contributed by atoms with Crippen LogP contribution in [-0.4, -0.2) is 50.8 Å². The molecule has 0 heterocycles. The highest BCUT2D eigenvalue weighted by Gasteiger charge is 2.44. The van der Waals surface area contributed by atoms with Gasteiger partial charge in [0.25, 0.3) is 5.91 Å². The summed E-state index contributed by atoms with van der Waals surface area (Å²) in [6.45, 7) is 12.5. The third-order valence-electron chi connectivity index (χ3n) is 7.01. The number of hydrogen-bond acceptors (Lipinski definition) is 6. The molecule has 0 saturated carbocycles. The maximum absolute atomic E-state index is 14.3. The lowest BCUT2D eigenvalue weighted by atomic mass is 9.91. The van der Waals surface area contributed by atoms with Gasteiger partial charge in [0.05, 0.1) is 0 Å². The average Bonchev–Trinajstić information content (AvgIpc) is 2.90. The molecule has 0 aromatic heterocycles. The lowest BCUT2D eigenvalue weighted by Crippen LogP contribution is -2.59. The predicted molar refractivity (Wildman–Crippen MR) is 166 cm³/mol. The topological polar surface area (TPSA) is 108 Å². The molecule has 2 atom stereocenters. The van der Waals surface area contributed by atoms with Crippen LogP contribution in [0.5, 0.6) is 5.75 Å². The molecule has 3 N–H and O–H groups in total. The first kappa shape index (κ1) is 31.8. The van der Waals surface area contributed by atoms with E-state index in [4.69, 9.17) is 4.74 Å². The second-order valence-electron chi connectivity index (χ2n) is 11.7. The molecule has 9 heteroatoms. The van der Waals surface area contributed by atoms with Gasteiger partial charge in [-0.15, -0.1) is 0 Å². The Morgan fingerprint density at radius 1 is 0.976 bits per heavy atom. The predicted octanol–water partition coefficient (Wildman–Crippen LogP) is 6.37. The van der Waals surface area contributed by atoms with Gasteiger partial charge in [0, 0.05) is 22.5 Å². The molecule has 0 fully saturated rings. The summed E-state index contributed by atoms with van der Waals surface area (Å²) < 4.78 is 5.38. The Morgan fingerprint density at radius 2 is 1.63 bits per heavy atom. The van der Waals surface area contributed by atoms with Gasteiger partial charge in [0.15, 0.2) is 0 Å². The first-order valence-corrected chi connectivity index (χ1v) is 14.3. The van der Waals surface area contributed by atoms with E-state index in [9.17, 15) is 19.5 Å². The van der Waals surface area contributed by atoms with Crippen molar-refractivity contribution < 1.29 is 24.2 Å². The summed E-state index contributed by atoms with van der Waals surface area (Å²) >= 11 is 4.35. The summed E-state index contributed by atoms with van der Waals surface area (Å²) in [5, 5.41) is 18.7. The molecule has 2 unspecified atom stereocenters. The molecule has 0 radical (unpaired) electrons. The molecular formula is C32H41N3O5S. The van der Waals surface area contributed by atoms with Gasteiger partial charge >= 0.3 is 6.09 Å². The number of aromatic hydroxyl groups is 1. The van der Waals surface area contributed by atoms with Gasteiger partial charge in [-0.2, -0.15) is 12.6 Å². The molecule has 3 aromatic rings. The SMILES string of the molecule is CCC(C)(C)N(C(=O)C(CS)NC(=O)OC(C)(C)C)C(C(=O)Nc1ccc2ccccc2c1)c1cccc(C)c1O. The monoisotopic (exact) mass is 579 g/mol. The fourth-order valence-electron chi connectivity index (χ4n) is 4.53. The van der Waals surface area contributed by atoms with E-state index in [1.807, 2.05) is 57.2 Å². The van der Waals surface area contributed by atoms with Crippen molar-refractivity contribution in [3.05, 3.63) is 71.8 Å². The van der Waals surface area contributed by atoms with Crippen LogP contribution in [0.2, 0.25) is 0 Å². The van der Waals surface area contributed by atoms with E-state index in [2.05, 4.69) is 23.3 Å². The Kier molecular flexibility index (Phi) is 9.97. The zero-order valence-electron chi connectivity index (χ0n) is 24.8. The van der Waals surface area contributed by atoms with E-state index < -0.39 is 41.1 Å². The van der Waals surface area contributed by atoms with Crippen molar-refractivity contribution in [2.24, 2.45) is 0 Å². The van der Waals surface area contributed by atoms with Gasteiger partial charge in [0.2, 0.25) is 5.91 Å². The Labute approximate surface area is 247 Å². The van der Waals surface area contributed by atoms with Crippen LogP contribution >= 0.6 is 12.6 Å². The van der Waals surface area contributed by atoms with Crippen molar-refractivity contribution in [1.29, 1.82) is 0 Å². The van der Waals surface area contributed by atoms with Gasteiger partial charge < -0.3 is 25.4 Å². The molecule has 0 bridgehead atoms. The highest BCUT2D eigenvalue weighted by Crippen LogP contribution is 2.38. The van der Waals surface area contributed by atoms with Crippen LogP contribution < -0.4 is 10.6 Å². The molecule has 0 saturated heterocycles. The summed E-state index contributed by atoms with van der Waals surface area (Å²) in [7, 11) is 0. The normalized spacial score (nSPS) is 13.3. The van der Waals surface area contributed by atoms with Crippen LogP contribution in [0.15, 0.2) is 60.7 Å². The smallest absolute Gasteiger partial charge is 0.408 e. The van der Waals surface area contributed by atoms with E-state index in [-0.39, 0.29) is 17.1 Å². The molecule has 220 valence electrons. The highest BCUT2D eigenvalue weighted by atomic mass is 32.1. The Hall–Kier alpha value is -3.72. The number of phenols is 1. The largest absolute Gasteiger partial charge is 0.507 e. The van der Waals surface area contributed by atoms with E-state index in [1.54, 1.807) is 52.0 Å². The second kappa shape index (κ2) is 12.9. The van der Waals surface area contributed by atoms with Gasteiger partial charge in [-0.25, -0.2) is 4.79 Å². The number of carbonyl (C=O) groups is 3. The van der Waals surface area contributed by atoms with Crippen LogP contribution in [0.4, 0.5) is 10.5 Å². The first-order chi connectivity index (χ1) is 19.2. The number of thiol groups is 1. The zero-order valence-corrected chi connectivity index (χ0v) is 25.7. The maximum Gasteiger partial charge on any atom is 0.408 e. The number of alkyl carbamates (subject to hydrolysis) is 1. The molecule has 3 rings (SSSR count). The minimum Gasteiger partial charge on any atom is -0.507 e. The van der Waals surface area contributed by atoms with Crippen LogP contribution in [0.1, 0.15) is 65.1 Å². The Balaban J connectivity index is 2.11. The van der Waals surface area contributed by atoms with Crippen molar-refractivity contribution in [2.45, 2.75) is 78.1 Å². The Morgan fingerprint density at radius 3 is 2.24 bits per heavy atom. The van der Waals surface area contributed by atoms with Crippen molar-refractivity contribution in [3.8, 4) is 5.75 Å². The summed E-state index contributed by atoms with van der Waals surface area (Å²) in [5.74, 6) is -1.16. The number of amides is 3. The lowest BCUT2D eigenvalue weighted by Gasteiger charge is -2.44. The van der Waals surface area contributed by atoms with Gasteiger partial charge in [-0.05, 0) is 76.4 Å². The number of nitrogens with zero attached hydrogens (tertiary/aromatic N) is 1. The standard InChI is InChI=1S/C32H41N3O5S/c1-8-32(6,7)35(29(38)25(19-41)34-30(39)40-31(3,4)5)26(24-15-11-12-20(2)27(24)36)28(37)33-23-17-16-21-13-9-10-14-22(21)18-23/h9-18,25-26,36,41H,8,19H2,1-7H3,(H,33,37)(H,34,39). The third kappa shape index (κ3) is 7.73. The third-order valence-corrected chi connectivity index (χ3v) is 7.38. The second-order valence-corrected chi connectivity index (χ2v) is 12.1. The maximum atomic E-state index is 14.3. The lowest BCUT2D eigenvalue weighted by molar-refractivity contribution is -0.147. The summed E-state index contributed by atoms with van der Waals surface area (Å²) in [6.07, 6.45) is -0.286. The van der Waals surface area contributed by atoms with Crippen molar-refractivity contribution in [1.82, 2.24) is 10.2 Å². The van der Waals surface area contributed by atoms with Crippen LogP contribution in [0.3, 0.4) is 0 Å². The van der Waals surface area contributed by atoms with Crippen molar-refractivity contribution >= 4 is 47.0 Å². The summed E-state index contributed by atoms with van der Waals surface area (Å²) in [5.41, 5.74) is -0.259. The molecule has 41 heavy (non-hydrogen) atoms. The van der Waals surface area contributed by atoms with E-state index in [0.717, 1.165) is 10.8 Å².